The number of benzene rings is 8. The fourth-order valence-corrected chi connectivity index (χ4v) is 8.71. The average molecular weight is 1120 g/mol. The molecule has 0 saturated heterocycles. The molecule has 12 rings (SSSR count). The molecular formula is C63H46N7OPt-3. The predicted molar refractivity (Wildman–Crippen MR) is 287 cm³/mol. The van der Waals surface area contributed by atoms with E-state index in [9.17, 15) is 0 Å². The van der Waals surface area contributed by atoms with Gasteiger partial charge in [-0.2, -0.15) is 0 Å². The second-order valence-electron chi connectivity index (χ2n) is 17.8. The Morgan fingerprint density at radius 3 is 1.78 bits per heavy atom. The topological polar surface area (TPSA) is 72.2 Å². The minimum absolute atomic E-state index is 0. The summed E-state index contributed by atoms with van der Waals surface area (Å²) < 4.78 is 96.5. The first-order valence-electron chi connectivity index (χ1n) is 27.9. The van der Waals surface area contributed by atoms with Crippen LogP contribution in [0.5, 0.6) is 11.5 Å². The molecule has 3 aromatic heterocycles. The Kier molecular flexibility index (Phi) is 9.59. The molecule has 0 atom stereocenters. The molecule has 11 aromatic rings. The van der Waals surface area contributed by atoms with Gasteiger partial charge in [-0.1, -0.05) is 190 Å². The van der Waals surface area contributed by atoms with Gasteiger partial charge in [0.15, 0.2) is 11.6 Å². The van der Waals surface area contributed by atoms with Crippen LogP contribution in [0.1, 0.15) is 40.0 Å². The van der Waals surface area contributed by atoms with E-state index in [2.05, 4.69) is 39.0 Å². The fourth-order valence-electron chi connectivity index (χ4n) is 8.71. The predicted octanol–water partition coefficient (Wildman–Crippen LogP) is 15.3. The molecule has 0 bridgehead atoms. The average Bonchev–Trinajstić information content (AvgIpc) is 3.01. The Bertz CT molecular complexity index is 4170. The van der Waals surface area contributed by atoms with E-state index in [4.69, 9.17) is 38.4 Å². The molecule has 8 aromatic carbocycles. The molecule has 352 valence electrons. The monoisotopic (exact) mass is 1120 g/mol. The molecule has 0 amide bonds. The number of fused-ring (bicyclic) bond motifs is 3. The molecule has 0 spiro atoms. The van der Waals surface area contributed by atoms with E-state index in [0.717, 1.165) is 33.0 Å². The van der Waals surface area contributed by atoms with Crippen molar-refractivity contribution in [3.05, 3.63) is 243 Å². The van der Waals surface area contributed by atoms with Gasteiger partial charge >= 0.3 is 0 Å². The summed E-state index contributed by atoms with van der Waals surface area (Å²) in [6.45, 7) is 7.91. The van der Waals surface area contributed by atoms with Crippen molar-refractivity contribution in [2.75, 3.05) is 9.80 Å². The third-order valence-electron chi connectivity index (χ3n) is 12.2. The van der Waals surface area contributed by atoms with Crippen LogP contribution in [0, 0.1) is 18.8 Å². The second-order valence-corrected chi connectivity index (χ2v) is 17.8. The van der Waals surface area contributed by atoms with E-state index in [1.165, 1.54) is 0 Å². The second kappa shape index (κ2) is 19.4. The number of pyridine rings is 1. The third-order valence-corrected chi connectivity index (χ3v) is 12.2. The standard InChI is InChI=1S/C63H46N7O.Pt/c1-63(2,3)47-37-48(68-35-36-69(42-68)59-50(43-21-8-4-9-22-43)30-20-31-51(59)44-23-10-5-11-24-44)39-49(38-47)71-57-41-56-53(52-29-16-17-32-55(52)70(56)58-33-18-19-34-64-58)40-54(57)62-66-60(45-25-12-6-13-26-45)65-61(67-62)46-27-14-7-15-28-46;/h4-38,40,42H,1-3H3;/q-3;/i4D,5D,8D,9D,10D,11D,21D,22D,23D,24D;. The van der Waals surface area contributed by atoms with Crippen molar-refractivity contribution in [2.45, 2.75) is 26.2 Å². The van der Waals surface area contributed by atoms with Gasteiger partial charge in [0.05, 0.1) is 13.7 Å². The molecule has 0 aliphatic carbocycles. The Morgan fingerprint density at radius 1 is 0.556 bits per heavy atom. The van der Waals surface area contributed by atoms with Crippen LogP contribution in [0.15, 0.2) is 219 Å². The molecule has 0 N–H and O–H groups in total. The van der Waals surface area contributed by atoms with Gasteiger partial charge in [0.25, 0.3) is 0 Å². The molecule has 0 unspecified atom stereocenters. The number of para-hydroxylation sites is 2. The van der Waals surface area contributed by atoms with Crippen molar-refractivity contribution in [3.8, 4) is 73.7 Å². The Morgan fingerprint density at radius 2 is 1.15 bits per heavy atom. The van der Waals surface area contributed by atoms with Crippen LogP contribution in [0.4, 0.5) is 11.4 Å². The summed E-state index contributed by atoms with van der Waals surface area (Å²) in [7, 11) is 0. The smallest absolute Gasteiger partial charge is 0.162 e. The zero-order valence-corrected chi connectivity index (χ0v) is 41.2. The summed E-state index contributed by atoms with van der Waals surface area (Å²) in [5.74, 6) is 2.48. The first-order valence-corrected chi connectivity index (χ1v) is 22.9. The van der Waals surface area contributed by atoms with E-state index >= 15 is 0 Å². The summed E-state index contributed by atoms with van der Waals surface area (Å²) in [4.78, 5) is 23.4. The third kappa shape index (κ3) is 8.86. The van der Waals surface area contributed by atoms with Crippen LogP contribution in [0.25, 0.3) is 84.0 Å². The van der Waals surface area contributed by atoms with Crippen LogP contribution in [0.3, 0.4) is 0 Å². The number of anilines is 2. The van der Waals surface area contributed by atoms with Crippen molar-refractivity contribution in [3.63, 3.8) is 0 Å². The van der Waals surface area contributed by atoms with E-state index in [0.29, 0.717) is 45.8 Å². The number of aromatic nitrogens is 5. The molecular weight excluding hydrogens is 1070 g/mol. The van der Waals surface area contributed by atoms with Crippen molar-refractivity contribution >= 4 is 33.2 Å². The van der Waals surface area contributed by atoms with Crippen molar-refractivity contribution < 1.29 is 39.5 Å². The molecule has 0 saturated carbocycles. The zero-order chi connectivity index (χ0) is 56.6. The molecule has 1 aliphatic heterocycles. The SMILES string of the molecule is [2H]c1c([2H])c([2H])c(-c2cccc(-c3c([2H])c([2H])c([2H])c([2H])c3[2H])c2N2C=CN(c3[c-]c(Oc4[c-]c5c(cc4-c4nc(-c6ccccc6)nc(-c6ccccc6)n4)c4ccccc4n5-c4ccccn4)cc(C(C)(C)C)c3)[CH-]2)c([2H])c1[2H].[Pt]. The fraction of sp³-hybridized carbons (Fsp3) is 0.0635. The maximum absolute atomic E-state index is 9.04. The molecule has 4 heterocycles. The van der Waals surface area contributed by atoms with Gasteiger partial charge in [0.1, 0.15) is 11.6 Å². The van der Waals surface area contributed by atoms with Gasteiger partial charge in [-0.15, -0.1) is 53.6 Å². The molecule has 72 heavy (non-hydrogen) atoms. The summed E-state index contributed by atoms with van der Waals surface area (Å²) in [5.41, 5.74) is 4.78. The normalized spacial score (nSPS) is 14.3. The number of hydrogen-bond acceptors (Lipinski definition) is 7. The largest absolute Gasteiger partial charge is 0.508 e. The van der Waals surface area contributed by atoms with Crippen LogP contribution < -0.4 is 14.5 Å². The minimum atomic E-state index is -0.578. The van der Waals surface area contributed by atoms with Gasteiger partial charge in [-0.05, 0) is 58.1 Å². The number of ether oxygens (including phenoxy) is 1. The first kappa shape index (κ1) is 35.6. The van der Waals surface area contributed by atoms with E-state index in [1.54, 1.807) is 53.3 Å². The molecule has 0 radical (unpaired) electrons. The van der Waals surface area contributed by atoms with Gasteiger partial charge < -0.3 is 19.1 Å². The van der Waals surface area contributed by atoms with E-state index in [-0.39, 0.29) is 54.8 Å². The maximum atomic E-state index is 9.04. The van der Waals surface area contributed by atoms with Crippen LogP contribution in [0.2, 0.25) is 0 Å². The molecule has 1 aliphatic rings. The molecule has 8 nitrogen and oxygen atoms in total. The number of hydrogen-bond donors (Lipinski definition) is 0. The van der Waals surface area contributed by atoms with E-state index < -0.39 is 65.8 Å². The first-order chi connectivity index (χ1) is 39.0. The van der Waals surface area contributed by atoms with Crippen molar-refractivity contribution in [1.29, 1.82) is 0 Å². The van der Waals surface area contributed by atoms with Gasteiger partial charge in [0, 0.05) is 72.2 Å². The summed E-state index contributed by atoms with van der Waals surface area (Å²) >= 11 is 0. The van der Waals surface area contributed by atoms with Gasteiger partial charge in [0.2, 0.25) is 0 Å². The van der Waals surface area contributed by atoms with Crippen molar-refractivity contribution in [1.82, 2.24) is 24.5 Å². The quantitative estimate of drug-likeness (QED) is 0.126. The number of nitrogens with zero attached hydrogens (tertiary/aromatic N) is 7. The van der Waals surface area contributed by atoms with Gasteiger partial charge in [-0.25, -0.2) is 19.9 Å². The Hall–Kier alpha value is -8.45. The summed E-state index contributed by atoms with van der Waals surface area (Å²) in [6, 6.07) is 45.7. The minimum Gasteiger partial charge on any atom is -0.508 e. The maximum Gasteiger partial charge on any atom is 0.162 e. The van der Waals surface area contributed by atoms with Crippen LogP contribution in [-0.4, -0.2) is 24.5 Å². The summed E-state index contributed by atoms with van der Waals surface area (Å²) in [5, 5.41) is 1.79. The summed E-state index contributed by atoms with van der Waals surface area (Å²) in [6.07, 6.45) is 5.16. The Labute approximate surface area is 447 Å². The number of rotatable bonds is 10. The van der Waals surface area contributed by atoms with E-state index in [1.807, 2.05) is 120 Å². The van der Waals surface area contributed by atoms with Crippen LogP contribution >= 0.6 is 0 Å². The molecule has 9 heteroatoms. The van der Waals surface area contributed by atoms with Gasteiger partial charge in [-0.3, -0.25) is 0 Å². The van der Waals surface area contributed by atoms with Crippen LogP contribution in [-0.2, 0) is 26.5 Å². The Balaban J connectivity index is 0.00000705. The van der Waals surface area contributed by atoms with Crippen molar-refractivity contribution in [2.24, 2.45) is 0 Å². The zero-order valence-electron chi connectivity index (χ0n) is 48.9. The molecule has 0 fully saturated rings.